The number of benzene rings is 3. The zero-order chi connectivity index (χ0) is 22.3. The van der Waals surface area contributed by atoms with E-state index in [1.807, 2.05) is 26.0 Å². The lowest BCUT2D eigenvalue weighted by Crippen LogP contribution is -2.31. The van der Waals surface area contributed by atoms with Gasteiger partial charge in [0.2, 0.25) is 0 Å². The summed E-state index contributed by atoms with van der Waals surface area (Å²) in [6.45, 7) is 3.81. The number of aryl methyl sites for hydroxylation is 1. The molecule has 0 saturated heterocycles. The van der Waals surface area contributed by atoms with E-state index in [0.29, 0.717) is 5.69 Å². The van der Waals surface area contributed by atoms with Crippen LogP contribution in [0.15, 0.2) is 60.7 Å². The standard InChI is InChI=1S/C24H18N2O5/c1-13-6-5-8-19(14(13)2)25-21(27)17-7-3-4-9-20(17)26-22(28)16-11-10-15(24(30)31)12-18(16)23(26)29/h3-12H,1-2H3,(H,25,27)(H,30,31)/p-1. The van der Waals surface area contributed by atoms with Crippen molar-refractivity contribution < 1.29 is 24.3 Å². The van der Waals surface area contributed by atoms with Gasteiger partial charge in [-0.05, 0) is 60.9 Å². The summed E-state index contributed by atoms with van der Waals surface area (Å²) in [6.07, 6.45) is 0. The third-order valence-corrected chi connectivity index (χ3v) is 5.36. The number of rotatable bonds is 4. The smallest absolute Gasteiger partial charge is 0.266 e. The van der Waals surface area contributed by atoms with Gasteiger partial charge in [0, 0.05) is 5.69 Å². The van der Waals surface area contributed by atoms with E-state index in [9.17, 15) is 24.3 Å². The number of carboxylic acids is 1. The molecule has 3 amide bonds. The number of carbonyl (C=O) groups is 4. The molecular formula is C24H17N2O5-. The molecule has 1 heterocycles. The lowest BCUT2D eigenvalue weighted by atomic mass is 10.1. The minimum Gasteiger partial charge on any atom is -0.545 e. The third-order valence-electron chi connectivity index (χ3n) is 5.36. The van der Waals surface area contributed by atoms with Crippen LogP contribution in [0, 0.1) is 13.8 Å². The predicted octanol–water partition coefficient (Wildman–Crippen LogP) is 2.72. The number of nitrogens with zero attached hydrogens (tertiary/aromatic N) is 1. The molecule has 3 aromatic rings. The van der Waals surface area contributed by atoms with E-state index in [2.05, 4.69) is 5.32 Å². The average Bonchev–Trinajstić information content (AvgIpc) is 3.01. The van der Waals surface area contributed by atoms with Crippen molar-refractivity contribution in [3.05, 3.63) is 94.0 Å². The number of hydrogen-bond acceptors (Lipinski definition) is 5. The normalized spacial score (nSPS) is 12.6. The Labute approximate surface area is 177 Å². The Morgan fingerprint density at radius 2 is 1.58 bits per heavy atom. The summed E-state index contributed by atoms with van der Waals surface area (Å²) in [4.78, 5) is 51.0. The molecule has 0 bridgehead atoms. The molecule has 0 fully saturated rings. The van der Waals surface area contributed by atoms with Crippen LogP contribution >= 0.6 is 0 Å². The minimum absolute atomic E-state index is 0.0450. The van der Waals surface area contributed by atoms with Gasteiger partial charge in [-0.3, -0.25) is 14.4 Å². The second-order valence-electron chi connectivity index (χ2n) is 7.21. The molecule has 0 aromatic heterocycles. The largest absolute Gasteiger partial charge is 0.545 e. The molecule has 31 heavy (non-hydrogen) atoms. The van der Waals surface area contributed by atoms with Gasteiger partial charge in [0.15, 0.2) is 0 Å². The van der Waals surface area contributed by atoms with Crippen LogP contribution in [-0.4, -0.2) is 23.7 Å². The van der Waals surface area contributed by atoms with Crippen molar-refractivity contribution in [1.82, 2.24) is 0 Å². The average molecular weight is 413 g/mol. The first-order valence-electron chi connectivity index (χ1n) is 9.50. The Morgan fingerprint density at radius 3 is 2.32 bits per heavy atom. The van der Waals surface area contributed by atoms with Crippen LogP contribution in [0.3, 0.4) is 0 Å². The topological polar surface area (TPSA) is 107 Å². The van der Waals surface area contributed by atoms with Crippen molar-refractivity contribution >= 4 is 35.1 Å². The number of carboxylic acid groups (broad SMARTS) is 1. The highest BCUT2D eigenvalue weighted by Crippen LogP contribution is 2.32. The fourth-order valence-electron chi connectivity index (χ4n) is 3.52. The number of nitrogens with one attached hydrogen (secondary N) is 1. The summed E-state index contributed by atoms with van der Waals surface area (Å²) in [7, 11) is 0. The quantitative estimate of drug-likeness (QED) is 0.662. The highest BCUT2D eigenvalue weighted by molar-refractivity contribution is 6.35. The zero-order valence-electron chi connectivity index (χ0n) is 16.8. The van der Waals surface area contributed by atoms with Crippen LogP contribution in [0.5, 0.6) is 0 Å². The molecule has 0 spiro atoms. The number of amides is 3. The monoisotopic (exact) mass is 413 g/mol. The Kier molecular flexibility index (Phi) is 4.87. The van der Waals surface area contributed by atoms with E-state index in [1.165, 1.54) is 24.3 Å². The lowest BCUT2D eigenvalue weighted by molar-refractivity contribution is -0.255. The van der Waals surface area contributed by atoms with Crippen LogP contribution in [0.25, 0.3) is 0 Å². The van der Waals surface area contributed by atoms with E-state index in [4.69, 9.17) is 0 Å². The number of hydrogen-bond donors (Lipinski definition) is 1. The van der Waals surface area contributed by atoms with Gasteiger partial charge in [-0.2, -0.15) is 0 Å². The Bertz CT molecular complexity index is 1280. The molecule has 0 aliphatic carbocycles. The molecule has 1 aliphatic rings. The maximum absolute atomic E-state index is 13.0. The molecule has 154 valence electrons. The lowest BCUT2D eigenvalue weighted by Gasteiger charge is -2.18. The van der Waals surface area contributed by atoms with E-state index in [0.717, 1.165) is 22.1 Å². The van der Waals surface area contributed by atoms with Crippen LogP contribution in [0.2, 0.25) is 0 Å². The van der Waals surface area contributed by atoms with Crippen molar-refractivity contribution in [3.63, 3.8) is 0 Å². The van der Waals surface area contributed by atoms with Gasteiger partial charge in [-0.25, -0.2) is 4.90 Å². The molecule has 7 heteroatoms. The van der Waals surface area contributed by atoms with E-state index in [-0.39, 0.29) is 27.9 Å². The number of fused-ring (bicyclic) bond motifs is 1. The molecule has 7 nitrogen and oxygen atoms in total. The van der Waals surface area contributed by atoms with Crippen molar-refractivity contribution in [3.8, 4) is 0 Å². The van der Waals surface area contributed by atoms with Crippen LogP contribution in [0.1, 0.15) is 52.6 Å². The number of carbonyl (C=O) groups excluding carboxylic acids is 4. The molecule has 0 atom stereocenters. The first-order valence-corrected chi connectivity index (χ1v) is 9.50. The molecule has 1 aliphatic heterocycles. The molecular weight excluding hydrogens is 396 g/mol. The molecule has 4 rings (SSSR count). The first-order chi connectivity index (χ1) is 14.8. The third kappa shape index (κ3) is 3.36. The summed E-state index contributed by atoms with van der Waals surface area (Å²) in [5, 5.41) is 14.0. The highest BCUT2D eigenvalue weighted by atomic mass is 16.4. The van der Waals surface area contributed by atoms with Gasteiger partial charge in [0.05, 0.1) is 28.3 Å². The highest BCUT2D eigenvalue weighted by Gasteiger charge is 2.38. The first kappa shape index (κ1) is 20.0. The fourth-order valence-corrected chi connectivity index (χ4v) is 3.52. The summed E-state index contributed by atoms with van der Waals surface area (Å²) >= 11 is 0. The number of anilines is 2. The minimum atomic E-state index is -1.45. The van der Waals surface area contributed by atoms with Crippen molar-refractivity contribution in [2.75, 3.05) is 10.2 Å². The summed E-state index contributed by atoms with van der Waals surface area (Å²) in [5.74, 6) is -3.25. The summed E-state index contributed by atoms with van der Waals surface area (Å²) in [5.41, 5.74) is 2.61. The fraction of sp³-hybridized carbons (Fsp3) is 0.0833. The van der Waals surface area contributed by atoms with Gasteiger partial charge in [0.1, 0.15) is 0 Å². The second kappa shape index (κ2) is 7.53. The van der Waals surface area contributed by atoms with Crippen LogP contribution < -0.4 is 15.3 Å². The Hall–Kier alpha value is -4.26. The number of imide groups is 1. The van der Waals surface area contributed by atoms with Gasteiger partial charge < -0.3 is 15.2 Å². The Balaban J connectivity index is 1.73. The second-order valence-corrected chi connectivity index (χ2v) is 7.21. The molecule has 1 N–H and O–H groups in total. The van der Waals surface area contributed by atoms with Crippen LogP contribution in [0.4, 0.5) is 11.4 Å². The van der Waals surface area contributed by atoms with Gasteiger partial charge in [0.25, 0.3) is 17.7 Å². The Morgan fingerprint density at radius 1 is 0.871 bits per heavy atom. The van der Waals surface area contributed by atoms with Crippen molar-refractivity contribution in [2.45, 2.75) is 13.8 Å². The summed E-state index contributed by atoms with van der Waals surface area (Å²) < 4.78 is 0. The van der Waals surface area contributed by atoms with E-state index < -0.39 is 23.7 Å². The molecule has 0 unspecified atom stereocenters. The van der Waals surface area contributed by atoms with Gasteiger partial charge >= 0.3 is 0 Å². The SMILES string of the molecule is Cc1cccc(NC(=O)c2ccccc2N2C(=O)c3ccc(C(=O)[O-])cc3C2=O)c1C. The maximum atomic E-state index is 13.0. The number of para-hydroxylation sites is 1. The predicted molar refractivity (Wildman–Crippen MR) is 112 cm³/mol. The maximum Gasteiger partial charge on any atom is 0.266 e. The van der Waals surface area contributed by atoms with E-state index >= 15 is 0 Å². The van der Waals surface area contributed by atoms with E-state index in [1.54, 1.807) is 18.2 Å². The molecule has 3 aromatic carbocycles. The number of aromatic carboxylic acids is 1. The van der Waals surface area contributed by atoms with Gasteiger partial charge in [-0.1, -0.05) is 30.3 Å². The van der Waals surface area contributed by atoms with Crippen molar-refractivity contribution in [2.24, 2.45) is 0 Å². The zero-order valence-corrected chi connectivity index (χ0v) is 16.8. The van der Waals surface area contributed by atoms with Crippen LogP contribution in [-0.2, 0) is 0 Å². The molecule has 0 radical (unpaired) electrons. The summed E-state index contributed by atoms with van der Waals surface area (Å²) in [6, 6.07) is 15.4. The molecule has 0 saturated carbocycles. The van der Waals surface area contributed by atoms with Gasteiger partial charge in [-0.15, -0.1) is 0 Å². The van der Waals surface area contributed by atoms with Crippen molar-refractivity contribution in [1.29, 1.82) is 0 Å².